The minimum atomic E-state index is 0.426. The Balaban J connectivity index is 1.97. The van der Waals surface area contributed by atoms with Gasteiger partial charge in [-0.3, -0.25) is 4.90 Å². The number of rotatable bonds is 6. The Morgan fingerprint density at radius 2 is 2.00 bits per heavy atom. The molecule has 2 unspecified atom stereocenters. The van der Waals surface area contributed by atoms with E-state index in [4.69, 9.17) is 5.73 Å². The maximum atomic E-state index is 6.17. The van der Waals surface area contributed by atoms with E-state index in [0.29, 0.717) is 5.41 Å². The summed E-state index contributed by atoms with van der Waals surface area (Å²) in [5, 5.41) is 0. The van der Waals surface area contributed by atoms with Gasteiger partial charge in [0.25, 0.3) is 0 Å². The summed E-state index contributed by atoms with van der Waals surface area (Å²) in [6.45, 7) is 10.5. The average molecular weight is 252 g/mol. The second kappa shape index (κ2) is 5.92. The number of hydrogen-bond acceptors (Lipinski definition) is 2. The van der Waals surface area contributed by atoms with Crippen molar-refractivity contribution in [2.24, 2.45) is 23.0 Å². The van der Waals surface area contributed by atoms with Gasteiger partial charge in [0.1, 0.15) is 0 Å². The van der Waals surface area contributed by atoms with E-state index >= 15 is 0 Å². The second-order valence-corrected chi connectivity index (χ2v) is 7.46. The van der Waals surface area contributed by atoms with Crippen LogP contribution in [0.2, 0.25) is 0 Å². The summed E-state index contributed by atoms with van der Waals surface area (Å²) < 4.78 is 0. The maximum Gasteiger partial charge on any atom is 0.00967 e. The van der Waals surface area contributed by atoms with Crippen LogP contribution < -0.4 is 5.73 Å². The molecule has 0 aromatic rings. The van der Waals surface area contributed by atoms with Gasteiger partial charge in [-0.1, -0.05) is 33.6 Å². The quantitative estimate of drug-likeness (QED) is 0.786. The van der Waals surface area contributed by atoms with Crippen LogP contribution in [0.5, 0.6) is 0 Å². The molecule has 0 aromatic heterocycles. The molecule has 0 heterocycles. The van der Waals surface area contributed by atoms with E-state index in [9.17, 15) is 0 Å². The molecule has 2 saturated carbocycles. The Hall–Kier alpha value is -0.0800. The van der Waals surface area contributed by atoms with Gasteiger partial charge in [0.05, 0.1) is 0 Å². The SMILES string of the molecule is CC(C)CN(CC1(CN)CCCC(C)C1)C1CC1. The van der Waals surface area contributed by atoms with Crippen LogP contribution in [-0.2, 0) is 0 Å². The van der Waals surface area contributed by atoms with Crippen molar-refractivity contribution in [1.82, 2.24) is 4.90 Å². The van der Waals surface area contributed by atoms with Gasteiger partial charge < -0.3 is 5.73 Å². The third kappa shape index (κ3) is 3.71. The molecule has 0 aliphatic heterocycles. The smallest absolute Gasteiger partial charge is 0.00967 e. The zero-order chi connectivity index (χ0) is 13.2. The second-order valence-electron chi connectivity index (χ2n) is 7.46. The fraction of sp³-hybridized carbons (Fsp3) is 1.00. The first-order chi connectivity index (χ1) is 8.54. The third-order valence-electron chi connectivity index (χ3n) is 4.82. The van der Waals surface area contributed by atoms with Crippen LogP contribution in [-0.4, -0.2) is 30.6 Å². The highest BCUT2D eigenvalue weighted by atomic mass is 15.2. The summed E-state index contributed by atoms with van der Waals surface area (Å²) in [7, 11) is 0. The Morgan fingerprint density at radius 1 is 1.28 bits per heavy atom. The summed E-state index contributed by atoms with van der Waals surface area (Å²) >= 11 is 0. The molecule has 0 amide bonds. The molecule has 2 rings (SSSR count). The molecule has 2 heteroatoms. The van der Waals surface area contributed by atoms with E-state index in [-0.39, 0.29) is 0 Å². The standard InChI is InChI=1S/C16H32N2/c1-13(2)10-18(15-6-7-15)12-16(11-17)8-4-5-14(3)9-16/h13-15H,4-12,17H2,1-3H3. The lowest BCUT2D eigenvalue weighted by atomic mass is 9.69. The van der Waals surface area contributed by atoms with E-state index in [1.54, 1.807) is 0 Å². The zero-order valence-electron chi connectivity index (χ0n) is 12.6. The lowest BCUT2D eigenvalue weighted by Crippen LogP contribution is -2.47. The summed E-state index contributed by atoms with van der Waals surface area (Å²) in [5.74, 6) is 1.66. The van der Waals surface area contributed by atoms with Crippen LogP contribution in [0.15, 0.2) is 0 Å². The molecular formula is C16H32N2. The molecule has 2 nitrogen and oxygen atoms in total. The van der Waals surface area contributed by atoms with Gasteiger partial charge in [0.2, 0.25) is 0 Å². The molecule has 2 aliphatic carbocycles. The van der Waals surface area contributed by atoms with E-state index < -0.39 is 0 Å². The average Bonchev–Trinajstić information content (AvgIpc) is 3.11. The molecule has 18 heavy (non-hydrogen) atoms. The molecule has 0 aromatic carbocycles. The van der Waals surface area contributed by atoms with E-state index in [1.165, 1.54) is 51.6 Å². The molecule has 106 valence electrons. The zero-order valence-corrected chi connectivity index (χ0v) is 12.6. The predicted molar refractivity (Wildman–Crippen MR) is 78.6 cm³/mol. The lowest BCUT2D eigenvalue weighted by molar-refractivity contribution is 0.0775. The summed E-state index contributed by atoms with van der Waals surface area (Å²) in [6.07, 6.45) is 8.35. The van der Waals surface area contributed by atoms with E-state index in [2.05, 4.69) is 25.7 Å². The third-order valence-corrected chi connectivity index (χ3v) is 4.82. The summed E-state index contributed by atoms with van der Waals surface area (Å²) in [4.78, 5) is 2.76. The highest BCUT2D eigenvalue weighted by Gasteiger charge is 2.39. The molecule has 2 N–H and O–H groups in total. The number of nitrogens with zero attached hydrogens (tertiary/aromatic N) is 1. The fourth-order valence-corrected chi connectivity index (χ4v) is 3.84. The highest BCUT2D eigenvalue weighted by molar-refractivity contribution is 4.93. The van der Waals surface area contributed by atoms with Crippen LogP contribution in [0.25, 0.3) is 0 Å². The van der Waals surface area contributed by atoms with Crippen molar-refractivity contribution >= 4 is 0 Å². The largest absolute Gasteiger partial charge is 0.330 e. The van der Waals surface area contributed by atoms with Gasteiger partial charge in [-0.05, 0) is 49.5 Å². The molecule has 2 aliphatic rings. The molecule has 0 saturated heterocycles. The van der Waals surface area contributed by atoms with Crippen LogP contribution in [0.1, 0.15) is 59.3 Å². The first-order valence-electron chi connectivity index (χ1n) is 7.99. The van der Waals surface area contributed by atoms with Crippen molar-refractivity contribution in [3.63, 3.8) is 0 Å². The predicted octanol–water partition coefficient (Wildman–Crippen LogP) is 3.26. The molecule has 0 radical (unpaired) electrons. The van der Waals surface area contributed by atoms with Crippen molar-refractivity contribution in [3.8, 4) is 0 Å². The van der Waals surface area contributed by atoms with E-state index in [0.717, 1.165) is 24.4 Å². The van der Waals surface area contributed by atoms with Gasteiger partial charge in [-0.25, -0.2) is 0 Å². The fourth-order valence-electron chi connectivity index (χ4n) is 3.84. The van der Waals surface area contributed by atoms with Gasteiger partial charge >= 0.3 is 0 Å². The Bertz CT molecular complexity index is 260. The topological polar surface area (TPSA) is 29.3 Å². The first kappa shape index (κ1) is 14.3. The van der Waals surface area contributed by atoms with Crippen LogP contribution in [0.3, 0.4) is 0 Å². The van der Waals surface area contributed by atoms with Crippen molar-refractivity contribution in [2.45, 2.75) is 65.3 Å². The highest BCUT2D eigenvalue weighted by Crippen LogP contribution is 2.41. The number of nitrogens with two attached hydrogens (primary N) is 1. The van der Waals surface area contributed by atoms with Gasteiger partial charge in [0.15, 0.2) is 0 Å². The maximum absolute atomic E-state index is 6.17. The molecule has 0 spiro atoms. The van der Waals surface area contributed by atoms with E-state index in [1.807, 2.05) is 0 Å². The normalized spacial score (nSPS) is 33.3. The van der Waals surface area contributed by atoms with Crippen LogP contribution in [0.4, 0.5) is 0 Å². The van der Waals surface area contributed by atoms with Crippen LogP contribution in [0, 0.1) is 17.3 Å². The Labute approximate surface area is 113 Å². The molecular weight excluding hydrogens is 220 g/mol. The number of hydrogen-bond donors (Lipinski definition) is 1. The minimum Gasteiger partial charge on any atom is -0.330 e. The van der Waals surface area contributed by atoms with Crippen molar-refractivity contribution < 1.29 is 0 Å². The summed E-state index contributed by atoms with van der Waals surface area (Å²) in [5.41, 5.74) is 6.60. The van der Waals surface area contributed by atoms with Crippen molar-refractivity contribution in [3.05, 3.63) is 0 Å². The Kier molecular flexibility index (Phi) is 4.71. The van der Waals surface area contributed by atoms with Gasteiger partial charge in [-0.15, -0.1) is 0 Å². The van der Waals surface area contributed by atoms with Gasteiger partial charge in [-0.2, -0.15) is 0 Å². The monoisotopic (exact) mass is 252 g/mol. The Morgan fingerprint density at radius 3 is 2.50 bits per heavy atom. The summed E-state index contributed by atoms with van der Waals surface area (Å²) in [6, 6.07) is 0.882. The minimum absolute atomic E-state index is 0.426. The van der Waals surface area contributed by atoms with Crippen LogP contribution >= 0.6 is 0 Å². The van der Waals surface area contributed by atoms with Crippen molar-refractivity contribution in [2.75, 3.05) is 19.6 Å². The lowest BCUT2D eigenvalue weighted by Gasteiger charge is -2.43. The van der Waals surface area contributed by atoms with Crippen molar-refractivity contribution in [1.29, 1.82) is 0 Å². The molecule has 0 bridgehead atoms. The molecule has 2 fully saturated rings. The van der Waals surface area contributed by atoms with Gasteiger partial charge in [0, 0.05) is 19.1 Å². The first-order valence-corrected chi connectivity index (χ1v) is 7.99. The molecule has 2 atom stereocenters.